The number of amides is 1. The maximum absolute atomic E-state index is 12.3. The minimum Gasteiger partial charge on any atom is -0.481 e. The molecule has 1 aliphatic heterocycles. The Morgan fingerprint density at radius 3 is 2.32 bits per heavy atom. The van der Waals surface area contributed by atoms with Crippen LogP contribution < -0.4 is 0 Å². The molecule has 0 saturated carbocycles. The number of aliphatic carboxylic acids is 1. The average Bonchev–Trinajstić information content (AvgIpc) is 2.68. The molecule has 1 N–H and O–H groups in total. The number of carbonyl (C=O) groups is 3. The summed E-state index contributed by atoms with van der Waals surface area (Å²) < 4.78 is 5.37. The molecule has 1 atom stereocenters. The number of nitrogens with zero attached hydrogens (tertiary/aromatic N) is 2. The molecule has 172 valence electrons. The Balaban J connectivity index is 1.75. The lowest BCUT2D eigenvalue weighted by molar-refractivity contribution is -0.198. The van der Waals surface area contributed by atoms with Crippen LogP contribution in [0.4, 0.5) is 4.79 Å². The number of piperidine rings is 1. The van der Waals surface area contributed by atoms with E-state index in [2.05, 4.69) is 0 Å². The van der Waals surface area contributed by atoms with Gasteiger partial charge in [0.1, 0.15) is 5.60 Å². The van der Waals surface area contributed by atoms with Gasteiger partial charge in [0.05, 0.1) is 12.3 Å². The molecular weight excluding hydrogens is 400 g/mol. The lowest BCUT2D eigenvalue weighted by Gasteiger charge is -2.33. The van der Waals surface area contributed by atoms with Crippen LogP contribution in [0.2, 0.25) is 0 Å². The second-order valence-electron chi connectivity index (χ2n) is 9.13. The number of carbonyl (C=O) groups excluding carboxylic acids is 2. The van der Waals surface area contributed by atoms with Crippen molar-refractivity contribution in [2.75, 3.05) is 26.7 Å². The number of rotatable bonds is 8. The smallest absolute Gasteiger partial charge is 0.410 e. The first kappa shape index (κ1) is 24.7. The molecule has 1 aromatic carbocycles. The van der Waals surface area contributed by atoms with Gasteiger partial charge in [0.2, 0.25) is 0 Å². The van der Waals surface area contributed by atoms with Gasteiger partial charge in [-0.25, -0.2) is 4.79 Å². The third kappa shape index (κ3) is 8.96. The van der Waals surface area contributed by atoms with E-state index in [1.165, 1.54) is 0 Å². The topological polar surface area (TPSA) is 96.4 Å². The maximum Gasteiger partial charge on any atom is 0.410 e. The van der Waals surface area contributed by atoms with Crippen LogP contribution in [0.1, 0.15) is 45.6 Å². The van der Waals surface area contributed by atoms with Gasteiger partial charge in [0.15, 0.2) is 0 Å². The van der Waals surface area contributed by atoms with Gasteiger partial charge < -0.3 is 19.6 Å². The molecule has 0 unspecified atom stereocenters. The minimum atomic E-state index is -1.01. The fraction of sp³-hybridized carbons (Fsp3) is 0.609. The highest BCUT2D eigenvalue weighted by Crippen LogP contribution is 2.21. The molecule has 31 heavy (non-hydrogen) atoms. The maximum atomic E-state index is 12.3. The summed E-state index contributed by atoms with van der Waals surface area (Å²) in [4.78, 5) is 42.9. The molecule has 1 aliphatic rings. The van der Waals surface area contributed by atoms with Crippen molar-refractivity contribution >= 4 is 18.0 Å². The molecular formula is C23H34N2O6. The predicted octanol–water partition coefficient (Wildman–Crippen LogP) is 3.36. The van der Waals surface area contributed by atoms with Gasteiger partial charge in [0.25, 0.3) is 0 Å². The molecule has 1 aromatic rings. The fourth-order valence-corrected chi connectivity index (χ4v) is 3.51. The summed E-state index contributed by atoms with van der Waals surface area (Å²) in [6.07, 6.45) is 1.30. The highest BCUT2D eigenvalue weighted by Gasteiger charge is 2.28. The van der Waals surface area contributed by atoms with Crippen molar-refractivity contribution in [3.05, 3.63) is 35.9 Å². The van der Waals surface area contributed by atoms with Crippen molar-refractivity contribution in [2.45, 2.75) is 52.1 Å². The molecule has 0 aliphatic carbocycles. The molecule has 1 saturated heterocycles. The second kappa shape index (κ2) is 11.1. The Bertz CT molecular complexity index is 738. The van der Waals surface area contributed by atoms with Crippen molar-refractivity contribution in [3.63, 3.8) is 0 Å². The van der Waals surface area contributed by atoms with Gasteiger partial charge in [-0.3, -0.25) is 9.59 Å². The molecule has 8 heteroatoms. The molecule has 8 nitrogen and oxygen atoms in total. The van der Waals surface area contributed by atoms with E-state index in [9.17, 15) is 19.5 Å². The third-order valence-corrected chi connectivity index (χ3v) is 5.13. The Hall–Kier alpha value is -2.61. The SMILES string of the molecule is CN(CC1CCN(OC(=O)C[C@@H](Cc2ccccc2)C(=O)O)CC1)C(=O)OC(C)(C)C. The second-order valence-corrected chi connectivity index (χ2v) is 9.13. The minimum absolute atomic E-state index is 0.175. The first-order valence-corrected chi connectivity index (χ1v) is 10.7. The highest BCUT2D eigenvalue weighted by atomic mass is 16.7. The fourth-order valence-electron chi connectivity index (χ4n) is 3.51. The zero-order valence-corrected chi connectivity index (χ0v) is 18.9. The number of hydroxylamine groups is 2. The van der Waals surface area contributed by atoms with E-state index in [-0.39, 0.29) is 24.9 Å². The monoisotopic (exact) mass is 434 g/mol. The predicted molar refractivity (Wildman–Crippen MR) is 115 cm³/mol. The van der Waals surface area contributed by atoms with E-state index >= 15 is 0 Å². The van der Waals surface area contributed by atoms with Crippen molar-refractivity contribution in [2.24, 2.45) is 11.8 Å². The normalized spacial score (nSPS) is 16.4. The first-order valence-electron chi connectivity index (χ1n) is 10.7. The van der Waals surface area contributed by atoms with Gasteiger partial charge >= 0.3 is 18.0 Å². The lowest BCUT2D eigenvalue weighted by atomic mass is 9.96. The number of ether oxygens (including phenoxy) is 1. The first-order chi connectivity index (χ1) is 14.5. The number of carboxylic acids is 1. The van der Waals surface area contributed by atoms with Crippen molar-refractivity contribution in [1.82, 2.24) is 9.96 Å². The van der Waals surface area contributed by atoms with Crippen LogP contribution in [-0.4, -0.2) is 65.4 Å². The van der Waals surface area contributed by atoms with Gasteiger partial charge in [-0.1, -0.05) is 30.3 Å². The van der Waals surface area contributed by atoms with E-state index in [4.69, 9.17) is 9.57 Å². The lowest BCUT2D eigenvalue weighted by Crippen LogP contribution is -2.41. The zero-order valence-electron chi connectivity index (χ0n) is 18.9. The molecule has 0 aromatic heterocycles. The summed E-state index contributed by atoms with van der Waals surface area (Å²) in [5.41, 5.74) is 0.342. The summed E-state index contributed by atoms with van der Waals surface area (Å²) in [5.74, 6) is -2.08. The number of hydrogen-bond donors (Lipinski definition) is 1. The molecule has 2 rings (SSSR count). The van der Waals surface area contributed by atoms with E-state index < -0.39 is 23.5 Å². The van der Waals surface area contributed by atoms with Crippen LogP contribution >= 0.6 is 0 Å². The van der Waals surface area contributed by atoms with Crippen LogP contribution in [0, 0.1) is 11.8 Å². The zero-order chi connectivity index (χ0) is 23.0. The Labute approximate surface area is 184 Å². The van der Waals surface area contributed by atoms with Gasteiger partial charge in [-0.05, 0) is 51.5 Å². The molecule has 0 spiro atoms. The van der Waals surface area contributed by atoms with E-state index in [1.807, 2.05) is 51.1 Å². The molecule has 0 bridgehead atoms. The van der Waals surface area contributed by atoms with E-state index in [1.54, 1.807) is 17.0 Å². The van der Waals surface area contributed by atoms with Crippen molar-refractivity contribution < 1.29 is 29.1 Å². The van der Waals surface area contributed by atoms with Gasteiger partial charge in [0, 0.05) is 26.7 Å². The largest absolute Gasteiger partial charge is 0.481 e. The Morgan fingerprint density at radius 2 is 1.77 bits per heavy atom. The average molecular weight is 435 g/mol. The molecule has 1 fully saturated rings. The van der Waals surface area contributed by atoms with Crippen LogP contribution in [-0.2, 0) is 25.6 Å². The summed E-state index contributed by atoms with van der Waals surface area (Å²) in [6.45, 7) is 7.18. The molecule has 1 heterocycles. The molecule has 0 radical (unpaired) electrons. The summed E-state index contributed by atoms with van der Waals surface area (Å²) in [7, 11) is 1.72. The van der Waals surface area contributed by atoms with Crippen molar-refractivity contribution in [1.29, 1.82) is 0 Å². The highest BCUT2D eigenvalue weighted by molar-refractivity contribution is 5.78. The van der Waals surface area contributed by atoms with E-state index in [0.29, 0.717) is 19.6 Å². The Kier molecular flexibility index (Phi) is 8.86. The number of carboxylic acid groups (broad SMARTS) is 1. The standard InChI is InChI=1S/C23H34N2O6/c1-23(2,3)30-22(29)24(4)16-18-10-12-25(13-11-18)31-20(26)15-19(21(27)28)14-17-8-6-5-7-9-17/h5-9,18-19H,10-16H2,1-4H3,(H,27,28)/t19-/m1/s1. The summed E-state index contributed by atoms with van der Waals surface area (Å²) in [5, 5.41) is 11.1. The summed E-state index contributed by atoms with van der Waals surface area (Å²) >= 11 is 0. The van der Waals surface area contributed by atoms with Gasteiger partial charge in [-0.15, -0.1) is 5.06 Å². The van der Waals surface area contributed by atoms with Crippen LogP contribution in [0.3, 0.4) is 0 Å². The van der Waals surface area contributed by atoms with Crippen LogP contribution in [0.5, 0.6) is 0 Å². The number of hydrogen-bond acceptors (Lipinski definition) is 6. The number of benzene rings is 1. The van der Waals surface area contributed by atoms with Gasteiger partial charge in [-0.2, -0.15) is 0 Å². The Morgan fingerprint density at radius 1 is 1.16 bits per heavy atom. The third-order valence-electron chi connectivity index (χ3n) is 5.13. The van der Waals surface area contributed by atoms with Crippen LogP contribution in [0.25, 0.3) is 0 Å². The van der Waals surface area contributed by atoms with Crippen molar-refractivity contribution in [3.8, 4) is 0 Å². The quantitative estimate of drug-likeness (QED) is 0.670. The van der Waals surface area contributed by atoms with Crippen LogP contribution in [0.15, 0.2) is 30.3 Å². The van der Waals surface area contributed by atoms with E-state index in [0.717, 1.165) is 18.4 Å². The molecule has 1 amide bonds. The summed E-state index contributed by atoms with van der Waals surface area (Å²) in [6, 6.07) is 9.25.